The van der Waals surface area contributed by atoms with Gasteiger partial charge in [-0.1, -0.05) is 36.4 Å². The topological polar surface area (TPSA) is 29.3 Å². The zero-order valence-electron chi connectivity index (χ0n) is 11.1. The summed E-state index contributed by atoms with van der Waals surface area (Å²) in [6.07, 6.45) is 2.26. The summed E-state index contributed by atoms with van der Waals surface area (Å²) >= 11 is 0. The third kappa shape index (κ3) is 2.82. The van der Waals surface area contributed by atoms with Gasteiger partial charge in [-0.3, -0.25) is 0 Å². The van der Waals surface area contributed by atoms with Crippen molar-refractivity contribution in [1.82, 2.24) is 0 Å². The molecule has 2 aromatic carbocycles. The summed E-state index contributed by atoms with van der Waals surface area (Å²) in [5.41, 5.74) is 6.91. The van der Waals surface area contributed by atoms with E-state index in [1.807, 2.05) is 0 Å². The number of rotatable bonds is 6. The van der Waals surface area contributed by atoms with E-state index in [-0.39, 0.29) is 0 Å². The van der Waals surface area contributed by atoms with Crippen molar-refractivity contribution in [1.29, 1.82) is 0 Å². The van der Waals surface area contributed by atoms with E-state index in [2.05, 4.69) is 54.3 Å². The largest absolute Gasteiger partial charge is 0.371 e. The highest BCUT2D eigenvalue weighted by Crippen LogP contribution is 2.26. The minimum atomic E-state index is 0.785. The zero-order chi connectivity index (χ0) is 12.8. The molecule has 2 rings (SSSR count). The summed E-state index contributed by atoms with van der Waals surface area (Å²) in [6, 6.07) is 15.1. The fourth-order valence-electron chi connectivity index (χ4n) is 2.38. The SMILES string of the molecule is CCN(CCCCN)c1cccc2ccccc12. The second kappa shape index (κ2) is 6.41. The predicted molar refractivity (Wildman–Crippen MR) is 80.1 cm³/mol. The normalized spacial score (nSPS) is 10.8. The van der Waals surface area contributed by atoms with Gasteiger partial charge < -0.3 is 10.6 Å². The Balaban J connectivity index is 2.27. The van der Waals surface area contributed by atoms with Crippen LogP contribution in [0, 0.1) is 0 Å². The molecule has 0 unspecified atom stereocenters. The third-order valence-electron chi connectivity index (χ3n) is 3.37. The summed E-state index contributed by atoms with van der Waals surface area (Å²) in [7, 11) is 0. The molecule has 2 N–H and O–H groups in total. The Bertz CT molecular complexity index is 488. The van der Waals surface area contributed by atoms with Crippen LogP contribution < -0.4 is 10.6 Å². The molecular weight excluding hydrogens is 220 g/mol. The molecule has 0 radical (unpaired) electrons. The minimum Gasteiger partial charge on any atom is -0.371 e. The van der Waals surface area contributed by atoms with E-state index in [9.17, 15) is 0 Å². The fourth-order valence-corrected chi connectivity index (χ4v) is 2.38. The average Bonchev–Trinajstić information content (AvgIpc) is 2.43. The van der Waals surface area contributed by atoms with Gasteiger partial charge in [0.05, 0.1) is 0 Å². The second-order valence-electron chi connectivity index (χ2n) is 4.57. The summed E-state index contributed by atoms with van der Waals surface area (Å²) in [5, 5.41) is 2.65. The van der Waals surface area contributed by atoms with E-state index in [1.54, 1.807) is 0 Å². The lowest BCUT2D eigenvalue weighted by Crippen LogP contribution is -2.24. The molecule has 2 nitrogen and oxygen atoms in total. The van der Waals surface area contributed by atoms with Crippen LogP contribution in [-0.2, 0) is 0 Å². The molecule has 0 aliphatic rings. The van der Waals surface area contributed by atoms with Crippen molar-refractivity contribution >= 4 is 16.5 Å². The second-order valence-corrected chi connectivity index (χ2v) is 4.57. The number of nitrogens with zero attached hydrogens (tertiary/aromatic N) is 1. The van der Waals surface area contributed by atoms with Crippen molar-refractivity contribution in [2.45, 2.75) is 19.8 Å². The maximum absolute atomic E-state index is 5.57. The van der Waals surface area contributed by atoms with Crippen LogP contribution in [0.5, 0.6) is 0 Å². The first-order valence-corrected chi connectivity index (χ1v) is 6.79. The summed E-state index contributed by atoms with van der Waals surface area (Å²) in [6.45, 7) is 5.12. The van der Waals surface area contributed by atoms with Crippen molar-refractivity contribution < 1.29 is 0 Å². The van der Waals surface area contributed by atoms with Crippen LogP contribution in [0.25, 0.3) is 10.8 Å². The van der Waals surface area contributed by atoms with E-state index < -0.39 is 0 Å². The van der Waals surface area contributed by atoms with E-state index in [4.69, 9.17) is 5.73 Å². The van der Waals surface area contributed by atoms with Gasteiger partial charge in [-0.15, -0.1) is 0 Å². The predicted octanol–water partition coefficient (Wildman–Crippen LogP) is 3.41. The van der Waals surface area contributed by atoms with E-state index in [1.165, 1.54) is 16.5 Å². The lowest BCUT2D eigenvalue weighted by atomic mass is 10.1. The molecule has 0 saturated heterocycles. The minimum absolute atomic E-state index is 0.785. The Morgan fingerprint density at radius 1 is 1.00 bits per heavy atom. The van der Waals surface area contributed by atoms with Gasteiger partial charge >= 0.3 is 0 Å². The molecule has 0 bridgehead atoms. The summed E-state index contributed by atoms with van der Waals surface area (Å²) < 4.78 is 0. The summed E-state index contributed by atoms with van der Waals surface area (Å²) in [5.74, 6) is 0. The highest BCUT2D eigenvalue weighted by Gasteiger charge is 2.07. The lowest BCUT2D eigenvalue weighted by Gasteiger charge is -2.24. The van der Waals surface area contributed by atoms with Gasteiger partial charge in [0.25, 0.3) is 0 Å². The van der Waals surface area contributed by atoms with Crippen molar-refractivity contribution in [3.05, 3.63) is 42.5 Å². The van der Waals surface area contributed by atoms with Crippen molar-refractivity contribution in [2.75, 3.05) is 24.5 Å². The van der Waals surface area contributed by atoms with Crippen molar-refractivity contribution in [3.8, 4) is 0 Å². The number of hydrogen-bond acceptors (Lipinski definition) is 2. The molecule has 0 saturated carbocycles. The quantitative estimate of drug-likeness (QED) is 0.787. The maximum atomic E-state index is 5.57. The highest BCUT2D eigenvalue weighted by molar-refractivity contribution is 5.94. The zero-order valence-corrected chi connectivity index (χ0v) is 11.1. The number of benzene rings is 2. The van der Waals surface area contributed by atoms with Gasteiger partial charge in [-0.05, 0) is 37.8 Å². The molecule has 0 fully saturated rings. The molecule has 0 amide bonds. The standard InChI is InChI=1S/C16H22N2/c1-2-18(13-6-5-12-17)16-11-7-9-14-8-3-4-10-15(14)16/h3-4,7-11H,2,5-6,12-13,17H2,1H3. The van der Waals surface area contributed by atoms with Gasteiger partial charge in [0.15, 0.2) is 0 Å². The third-order valence-corrected chi connectivity index (χ3v) is 3.37. The smallest absolute Gasteiger partial charge is 0.0445 e. The molecule has 0 aliphatic heterocycles. The van der Waals surface area contributed by atoms with E-state index in [0.717, 1.165) is 32.5 Å². The summed E-state index contributed by atoms with van der Waals surface area (Å²) in [4.78, 5) is 2.44. The number of hydrogen-bond donors (Lipinski definition) is 1. The Kier molecular flexibility index (Phi) is 4.59. The fraction of sp³-hybridized carbons (Fsp3) is 0.375. The van der Waals surface area contributed by atoms with Crippen LogP contribution in [0.2, 0.25) is 0 Å². The number of unbranched alkanes of at least 4 members (excludes halogenated alkanes) is 1. The van der Waals surface area contributed by atoms with Gasteiger partial charge in [-0.2, -0.15) is 0 Å². The molecule has 0 aromatic heterocycles. The number of anilines is 1. The van der Waals surface area contributed by atoms with Gasteiger partial charge in [0.2, 0.25) is 0 Å². The van der Waals surface area contributed by atoms with Gasteiger partial charge in [0, 0.05) is 24.2 Å². The first-order chi connectivity index (χ1) is 8.86. The van der Waals surface area contributed by atoms with Gasteiger partial charge in [0.1, 0.15) is 0 Å². The first kappa shape index (κ1) is 12.9. The Labute approximate surface area is 109 Å². The van der Waals surface area contributed by atoms with Gasteiger partial charge in [-0.25, -0.2) is 0 Å². The van der Waals surface area contributed by atoms with E-state index >= 15 is 0 Å². The highest BCUT2D eigenvalue weighted by atomic mass is 15.1. The number of nitrogens with two attached hydrogens (primary N) is 1. The molecule has 0 heterocycles. The van der Waals surface area contributed by atoms with Crippen LogP contribution >= 0.6 is 0 Å². The Morgan fingerprint density at radius 3 is 2.56 bits per heavy atom. The van der Waals surface area contributed by atoms with Crippen LogP contribution in [-0.4, -0.2) is 19.6 Å². The molecule has 0 spiro atoms. The molecule has 96 valence electrons. The van der Waals surface area contributed by atoms with Crippen LogP contribution in [0.4, 0.5) is 5.69 Å². The number of fused-ring (bicyclic) bond motifs is 1. The van der Waals surface area contributed by atoms with Crippen molar-refractivity contribution in [3.63, 3.8) is 0 Å². The molecule has 0 atom stereocenters. The molecular formula is C16H22N2. The molecule has 18 heavy (non-hydrogen) atoms. The first-order valence-electron chi connectivity index (χ1n) is 6.79. The molecule has 2 aromatic rings. The van der Waals surface area contributed by atoms with Crippen molar-refractivity contribution in [2.24, 2.45) is 5.73 Å². The Hall–Kier alpha value is -1.54. The lowest BCUT2D eigenvalue weighted by molar-refractivity contribution is 0.705. The van der Waals surface area contributed by atoms with Crippen LogP contribution in [0.3, 0.4) is 0 Å². The molecule has 0 aliphatic carbocycles. The van der Waals surface area contributed by atoms with Crippen LogP contribution in [0.15, 0.2) is 42.5 Å². The maximum Gasteiger partial charge on any atom is 0.0445 e. The molecule has 2 heteroatoms. The van der Waals surface area contributed by atoms with Crippen LogP contribution in [0.1, 0.15) is 19.8 Å². The van der Waals surface area contributed by atoms with E-state index in [0.29, 0.717) is 0 Å². The Morgan fingerprint density at radius 2 is 1.78 bits per heavy atom. The average molecular weight is 242 g/mol. The monoisotopic (exact) mass is 242 g/mol.